The summed E-state index contributed by atoms with van der Waals surface area (Å²) in [7, 11) is 0. The van der Waals surface area contributed by atoms with Crippen LogP contribution in [0.2, 0.25) is 5.02 Å². The maximum atomic E-state index is 12.4. The Morgan fingerprint density at radius 1 is 1.24 bits per heavy atom. The van der Waals surface area contributed by atoms with Crippen molar-refractivity contribution in [2.75, 3.05) is 50.8 Å². The zero-order valence-electron chi connectivity index (χ0n) is 22.1. The lowest BCUT2D eigenvalue weighted by Gasteiger charge is -2.48. The van der Waals surface area contributed by atoms with E-state index in [1.165, 1.54) is 4.90 Å². The maximum absolute atomic E-state index is 12.4. The number of piperidine rings is 1. The van der Waals surface area contributed by atoms with Gasteiger partial charge >= 0.3 is 18.1 Å². The molecule has 2 saturated heterocycles. The Morgan fingerprint density at radius 2 is 1.95 bits per heavy atom. The lowest BCUT2D eigenvalue weighted by molar-refractivity contribution is -0.143. The molecule has 0 radical (unpaired) electrons. The van der Waals surface area contributed by atoms with Crippen LogP contribution in [0, 0.1) is 0 Å². The molecule has 2 fully saturated rings. The number of amides is 3. The van der Waals surface area contributed by atoms with Crippen LogP contribution in [0.25, 0.3) is 0 Å². The van der Waals surface area contributed by atoms with Crippen molar-refractivity contribution in [1.82, 2.24) is 14.8 Å². The highest BCUT2D eigenvalue weighted by Crippen LogP contribution is 2.35. The molecule has 0 bridgehead atoms. The third-order valence-electron chi connectivity index (χ3n) is 6.36. The van der Waals surface area contributed by atoms with Gasteiger partial charge in [0.25, 0.3) is 0 Å². The van der Waals surface area contributed by atoms with Gasteiger partial charge in [-0.05, 0) is 46.6 Å². The van der Waals surface area contributed by atoms with Crippen molar-refractivity contribution in [3.05, 3.63) is 23.0 Å². The Morgan fingerprint density at radius 3 is 2.54 bits per heavy atom. The highest BCUT2D eigenvalue weighted by Gasteiger charge is 2.42. The highest BCUT2D eigenvalue weighted by molar-refractivity contribution is 6.33. The lowest BCUT2D eigenvalue weighted by Crippen LogP contribution is -2.58. The number of ether oxygens (including phenoxy) is 3. The largest absolute Gasteiger partial charge is 0.466 e. The van der Waals surface area contributed by atoms with Crippen LogP contribution in [0.15, 0.2) is 12.3 Å². The first-order valence-corrected chi connectivity index (χ1v) is 13.0. The van der Waals surface area contributed by atoms with E-state index >= 15 is 0 Å². The Hall–Kier alpha value is -2.79. The number of nitrogens with two attached hydrogens (primary N) is 1. The van der Waals surface area contributed by atoms with E-state index < -0.39 is 17.6 Å². The second-order valence-electron chi connectivity index (χ2n) is 10.4. The fourth-order valence-corrected chi connectivity index (χ4v) is 4.78. The van der Waals surface area contributed by atoms with E-state index in [1.54, 1.807) is 24.1 Å². The molecule has 3 heterocycles. The number of aromatic nitrogens is 1. The minimum atomic E-state index is -0.654. The summed E-state index contributed by atoms with van der Waals surface area (Å²) in [5.74, 6) is -0.395. The number of halogens is 1. The summed E-state index contributed by atoms with van der Waals surface area (Å²) in [5.41, 5.74) is 5.91. The second-order valence-corrected chi connectivity index (χ2v) is 10.8. The fraction of sp³-hybridized carbons (Fsp3) is 0.680. The number of hydrogen-bond acceptors (Lipinski definition) is 8. The summed E-state index contributed by atoms with van der Waals surface area (Å²) in [4.78, 5) is 45.7. The molecule has 3 amide bonds. The third kappa shape index (κ3) is 8.10. The minimum Gasteiger partial charge on any atom is -0.466 e. The van der Waals surface area contributed by atoms with Gasteiger partial charge in [-0.15, -0.1) is 0 Å². The molecule has 11 nitrogen and oxygen atoms in total. The molecule has 37 heavy (non-hydrogen) atoms. The van der Waals surface area contributed by atoms with Gasteiger partial charge in [-0.25, -0.2) is 9.59 Å². The molecule has 2 aliphatic rings. The monoisotopic (exact) mass is 539 g/mol. The molecular weight excluding hydrogens is 502 g/mol. The van der Waals surface area contributed by atoms with Crippen molar-refractivity contribution >= 4 is 35.4 Å². The van der Waals surface area contributed by atoms with E-state index in [0.29, 0.717) is 56.3 Å². The Labute approximate surface area is 223 Å². The predicted molar refractivity (Wildman–Crippen MR) is 138 cm³/mol. The van der Waals surface area contributed by atoms with Gasteiger partial charge < -0.3 is 34.6 Å². The van der Waals surface area contributed by atoms with Crippen LogP contribution in [0.3, 0.4) is 0 Å². The summed E-state index contributed by atoms with van der Waals surface area (Å²) in [6.07, 6.45) is 2.82. The number of likely N-dealkylation sites (tertiary alicyclic amines) is 1. The number of rotatable bonds is 7. The smallest absolute Gasteiger partial charge is 0.410 e. The van der Waals surface area contributed by atoms with Crippen LogP contribution in [0.4, 0.5) is 15.3 Å². The summed E-state index contributed by atoms with van der Waals surface area (Å²) in [6, 6.07) is 1.06. The second kappa shape index (κ2) is 12.2. The van der Waals surface area contributed by atoms with Gasteiger partial charge in [0.2, 0.25) is 0 Å². The Kier molecular flexibility index (Phi) is 9.46. The Balaban J connectivity index is 1.61. The number of hydrogen-bond donors (Lipinski definition) is 1. The van der Waals surface area contributed by atoms with Crippen molar-refractivity contribution in [2.45, 2.75) is 64.7 Å². The summed E-state index contributed by atoms with van der Waals surface area (Å²) in [5, 5.41) is 0.503. The predicted octanol–water partition coefficient (Wildman–Crippen LogP) is 3.18. The standard InChI is InChI=1S/C25H38ClN5O6/c1-5-35-21(32)6-9-30(22(27)33)16-18-14-19(26)20(15-28-18)31-12-13-36-25(17-31)7-10-29(11-8-25)23(34)37-24(2,3)4/h14-15H,5-13,16-17H2,1-4H3,(H2,27,33). The van der Waals surface area contributed by atoms with Gasteiger partial charge in [0.15, 0.2) is 0 Å². The summed E-state index contributed by atoms with van der Waals surface area (Å²) in [6.45, 7) is 10.8. The van der Waals surface area contributed by atoms with E-state index in [0.717, 1.165) is 5.69 Å². The van der Waals surface area contributed by atoms with E-state index in [9.17, 15) is 14.4 Å². The average Bonchev–Trinajstić information content (AvgIpc) is 2.81. The molecule has 206 valence electrons. The molecule has 12 heteroatoms. The SMILES string of the molecule is CCOC(=O)CCN(Cc1cc(Cl)c(N2CCOC3(CCN(C(=O)OC(C)(C)C)CC3)C2)cn1)C(N)=O. The van der Waals surface area contributed by atoms with Crippen molar-refractivity contribution in [2.24, 2.45) is 5.73 Å². The van der Waals surface area contributed by atoms with E-state index in [4.69, 9.17) is 31.5 Å². The van der Waals surface area contributed by atoms with Gasteiger partial charge in [-0.1, -0.05) is 11.6 Å². The first-order valence-electron chi connectivity index (χ1n) is 12.6. The number of carbonyl (C=O) groups excluding carboxylic acids is 3. The number of anilines is 1. The molecule has 2 aliphatic heterocycles. The molecule has 0 saturated carbocycles. The number of nitrogens with zero attached hydrogens (tertiary/aromatic N) is 4. The number of morpholine rings is 1. The molecule has 0 aromatic carbocycles. The fourth-order valence-electron chi connectivity index (χ4n) is 4.48. The molecular formula is C25H38ClN5O6. The first kappa shape index (κ1) is 28.8. The zero-order chi connectivity index (χ0) is 27.2. The Bertz CT molecular complexity index is 977. The van der Waals surface area contributed by atoms with Crippen LogP contribution < -0.4 is 10.6 Å². The highest BCUT2D eigenvalue weighted by atomic mass is 35.5. The van der Waals surface area contributed by atoms with Gasteiger partial charge in [0, 0.05) is 32.7 Å². The van der Waals surface area contributed by atoms with E-state index in [1.807, 2.05) is 20.8 Å². The minimum absolute atomic E-state index is 0.0454. The number of pyridine rings is 1. The molecule has 0 unspecified atom stereocenters. The number of esters is 1. The average molecular weight is 540 g/mol. The first-order chi connectivity index (χ1) is 17.4. The van der Waals surface area contributed by atoms with Gasteiger partial charge in [0.1, 0.15) is 5.60 Å². The van der Waals surface area contributed by atoms with Crippen LogP contribution in [-0.4, -0.2) is 90.0 Å². The maximum Gasteiger partial charge on any atom is 0.410 e. The van der Waals surface area contributed by atoms with Crippen LogP contribution >= 0.6 is 11.6 Å². The van der Waals surface area contributed by atoms with Gasteiger partial charge in [-0.3, -0.25) is 9.78 Å². The van der Waals surface area contributed by atoms with E-state index in [-0.39, 0.29) is 37.8 Å². The van der Waals surface area contributed by atoms with Gasteiger partial charge in [-0.2, -0.15) is 0 Å². The molecule has 1 spiro atoms. The van der Waals surface area contributed by atoms with E-state index in [2.05, 4.69) is 9.88 Å². The molecule has 0 atom stereocenters. The summed E-state index contributed by atoms with van der Waals surface area (Å²) >= 11 is 6.65. The molecule has 0 aliphatic carbocycles. The molecule has 2 N–H and O–H groups in total. The number of carbonyl (C=O) groups is 3. The zero-order valence-corrected chi connectivity index (χ0v) is 22.9. The van der Waals surface area contributed by atoms with Crippen molar-refractivity contribution in [1.29, 1.82) is 0 Å². The van der Waals surface area contributed by atoms with Crippen LogP contribution in [0.1, 0.15) is 52.7 Å². The van der Waals surface area contributed by atoms with Crippen molar-refractivity contribution in [3.63, 3.8) is 0 Å². The topological polar surface area (TPSA) is 128 Å². The number of urea groups is 1. The molecule has 3 rings (SSSR count). The quantitative estimate of drug-likeness (QED) is 0.523. The third-order valence-corrected chi connectivity index (χ3v) is 6.66. The lowest BCUT2D eigenvalue weighted by atomic mass is 9.89. The summed E-state index contributed by atoms with van der Waals surface area (Å²) < 4.78 is 16.6. The number of primary amides is 1. The van der Waals surface area contributed by atoms with Crippen molar-refractivity contribution in [3.8, 4) is 0 Å². The van der Waals surface area contributed by atoms with Gasteiger partial charge in [0.05, 0.1) is 54.4 Å². The van der Waals surface area contributed by atoms with Crippen LogP contribution in [-0.2, 0) is 25.5 Å². The van der Waals surface area contributed by atoms with Crippen molar-refractivity contribution < 1.29 is 28.6 Å². The normalized spacial score (nSPS) is 17.4. The molecule has 1 aromatic heterocycles. The molecule has 1 aromatic rings. The van der Waals surface area contributed by atoms with Crippen LogP contribution in [0.5, 0.6) is 0 Å².